The zero-order valence-electron chi connectivity index (χ0n) is 14.0. The predicted octanol–water partition coefficient (Wildman–Crippen LogP) is 4.53. The largest absolute Gasteiger partial charge is 0.508 e. The van der Waals surface area contributed by atoms with Gasteiger partial charge in [-0.3, -0.25) is 4.79 Å². The SMILES string of the molecule is CCCCCCCCCC(=O)c1c(O)c2ccc(O)cc2oc1=O. The van der Waals surface area contributed by atoms with E-state index in [0.717, 1.165) is 19.3 Å². The maximum absolute atomic E-state index is 12.3. The van der Waals surface area contributed by atoms with Crippen LogP contribution < -0.4 is 5.63 Å². The van der Waals surface area contributed by atoms with Crippen molar-refractivity contribution < 1.29 is 19.4 Å². The third-order valence-electron chi connectivity index (χ3n) is 4.15. The molecule has 0 fully saturated rings. The maximum atomic E-state index is 12.3. The van der Waals surface area contributed by atoms with Gasteiger partial charge in [-0.15, -0.1) is 0 Å². The van der Waals surface area contributed by atoms with Gasteiger partial charge in [0.25, 0.3) is 0 Å². The number of hydrogen-bond donors (Lipinski definition) is 2. The van der Waals surface area contributed by atoms with Gasteiger partial charge in [-0.2, -0.15) is 0 Å². The summed E-state index contributed by atoms with van der Waals surface area (Å²) >= 11 is 0. The molecule has 0 aliphatic rings. The van der Waals surface area contributed by atoms with Gasteiger partial charge in [0.15, 0.2) is 5.78 Å². The summed E-state index contributed by atoms with van der Waals surface area (Å²) in [5.41, 5.74) is -1.09. The lowest BCUT2D eigenvalue weighted by atomic mass is 10.0. The van der Waals surface area contributed by atoms with Gasteiger partial charge in [0.1, 0.15) is 22.6 Å². The second-order valence-electron chi connectivity index (χ2n) is 6.09. The Labute approximate surface area is 140 Å². The minimum absolute atomic E-state index is 0.0602. The third-order valence-corrected chi connectivity index (χ3v) is 4.15. The van der Waals surface area contributed by atoms with Crippen LogP contribution >= 0.6 is 0 Å². The van der Waals surface area contributed by atoms with Crippen LogP contribution in [0, 0.1) is 0 Å². The summed E-state index contributed by atoms with van der Waals surface area (Å²) in [5, 5.41) is 19.9. The van der Waals surface area contributed by atoms with E-state index in [1.807, 2.05) is 0 Å². The van der Waals surface area contributed by atoms with Crippen molar-refractivity contribution in [3.63, 3.8) is 0 Å². The molecule has 0 saturated heterocycles. The summed E-state index contributed by atoms with van der Waals surface area (Å²) in [6, 6.07) is 4.03. The molecule has 0 atom stereocenters. The number of carbonyl (C=O) groups is 1. The quantitative estimate of drug-likeness (QED) is 0.400. The van der Waals surface area contributed by atoms with Crippen LogP contribution in [0.25, 0.3) is 11.0 Å². The molecular formula is C19H24O5. The first-order valence-electron chi connectivity index (χ1n) is 8.56. The summed E-state index contributed by atoms with van der Waals surface area (Å²) in [7, 11) is 0. The van der Waals surface area contributed by atoms with Gasteiger partial charge in [0.2, 0.25) is 0 Å². The van der Waals surface area contributed by atoms with Crippen LogP contribution in [0.3, 0.4) is 0 Å². The highest BCUT2D eigenvalue weighted by atomic mass is 16.4. The summed E-state index contributed by atoms with van der Waals surface area (Å²) in [6.45, 7) is 2.17. The molecule has 0 amide bonds. The fraction of sp³-hybridized carbons (Fsp3) is 0.474. The number of unbranched alkanes of at least 4 members (excludes halogenated alkanes) is 6. The van der Waals surface area contributed by atoms with E-state index in [1.54, 1.807) is 0 Å². The van der Waals surface area contributed by atoms with Crippen LogP contribution in [0.4, 0.5) is 0 Å². The van der Waals surface area contributed by atoms with Gasteiger partial charge >= 0.3 is 5.63 Å². The molecule has 0 unspecified atom stereocenters. The van der Waals surface area contributed by atoms with Crippen LogP contribution in [0.1, 0.15) is 68.6 Å². The first-order valence-corrected chi connectivity index (χ1v) is 8.56. The molecule has 2 rings (SSSR count). The predicted molar refractivity (Wildman–Crippen MR) is 92.8 cm³/mol. The molecule has 130 valence electrons. The summed E-state index contributed by atoms with van der Waals surface area (Å²) in [5.74, 6) is -0.842. The van der Waals surface area contributed by atoms with E-state index in [2.05, 4.69) is 6.92 Å². The lowest BCUT2D eigenvalue weighted by molar-refractivity contribution is 0.0973. The highest BCUT2D eigenvalue weighted by Gasteiger charge is 2.20. The highest BCUT2D eigenvalue weighted by molar-refractivity contribution is 6.02. The van der Waals surface area contributed by atoms with Crippen molar-refractivity contribution in [2.75, 3.05) is 0 Å². The minimum atomic E-state index is -0.862. The van der Waals surface area contributed by atoms with Gasteiger partial charge in [-0.1, -0.05) is 45.4 Å². The number of phenols is 1. The van der Waals surface area contributed by atoms with Gasteiger partial charge in [-0.25, -0.2) is 4.79 Å². The molecule has 1 heterocycles. The normalized spacial score (nSPS) is 11.0. The van der Waals surface area contributed by atoms with Crippen molar-refractivity contribution in [2.45, 2.75) is 58.3 Å². The van der Waals surface area contributed by atoms with Crippen molar-refractivity contribution in [2.24, 2.45) is 0 Å². The number of carbonyl (C=O) groups excluding carboxylic acids is 1. The zero-order valence-corrected chi connectivity index (χ0v) is 14.0. The van der Waals surface area contributed by atoms with E-state index in [4.69, 9.17) is 4.42 Å². The molecule has 24 heavy (non-hydrogen) atoms. The number of fused-ring (bicyclic) bond motifs is 1. The number of hydrogen-bond acceptors (Lipinski definition) is 5. The van der Waals surface area contributed by atoms with E-state index in [0.29, 0.717) is 6.42 Å². The Hall–Kier alpha value is -2.30. The molecule has 0 bridgehead atoms. The number of phenolic OH excluding ortho intramolecular Hbond substituents is 1. The van der Waals surface area contributed by atoms with Crippen LogP contribution in [-0.2, 0) is 0 Å². The van der Waals surface area contributed by atoms with Gasteiger partial charge in [-0.05, 0) is 18.6 Å². The zero-order chi connectivity index (χ0) is 17.5. The molecule has 5 heteroatoms. The lowest BCUT2D eigenvalue weighted by Gasteiger charge is -2.06. The molecule has 0 radical (unpaired) electrons. The Morgan fingerprint density at radius 1 is 1.04 bits per heavy atom. The van der Waals surface area contributed by atoms with Crippen LogP contribution in [0.5, 0.6) is 11.5 Å². The van der Waals surface area contributed by atoms with E-state index in [1.165, 1.54) is 37.5 Å². The van der Waals surface area contributed by atoms with Crippen molar-refractivity contribution in [3.8, 4) is 11.5 Å². The number of Topliss-reactive ketones (excluding diaryl/α,β-unsaturated/α-hetero) is 1. The summed E-state index contributed by atoms with van der Waals surface area (Å²) in [4.78, 5) is 24.2. The number of rotatable bonds is 9. The fourth-order valence-electron chi connectivity index (χ4n) is 2.79. The third kappa shape index (κ3) is 4.37. The smallest absolute Gasteiger partial charge is 0.351 e. The number of benzene rings is 1. The van der Waals surface area contributed by atoms with E-state index in [9.17, 15) is 19.8 Å². The first-order chi connectivity index (χ1) is 11.5. The Balaban J connectivity index is 2.02. The van der Waals surface area contributed by atoms with Gasteiger partial charge < -0.3 is 14.6 Å². The van der Waals surface area contributed by atoms with E-state index < -0.39 is 11.4 Å². The van der Waals surface area contributed by atoms with E-state index in [-0.39, 0.29) is 34.5 Å². The van der Waals surface area contributed by atoms with Crippen LogP contribution in [0.2, 0.25) is 0 Å². The molecule has 1 aromatic heterocycles. The van der Waals surface area contributed by atoms with Crippen molar-refractivity contribution in [1.82, 2.24) is 0 Å². The average Bonchev–Trinajstić information content (AvgIpc) is 2.53. The van der Waals surface area contributed by atoms with Crippen molar-refractivity contribution in [3.05, 3.63) is 34.2 Å². The molecule has 0 aliphatic heterocycles. The van der Waals surface area contributed by atoms with Gasteiger partial charge in [0, 0.05) is 12.5 Å². The molecule has 0 saturated carbocycles. The van der Waals surface area contributed by atoms with E-state index >= 15 is 0 Å². The number of aromatic hydroxyl groups is 2. The molecule has 2 aromatic rings. The van der Waals surface area contributed by atoms with Gasteiger partial charge in [0.05, 0.1) is 5.39 Å². The summed E-state index contributed by atoms with van der Waals surface area (Å²) in [6.07, 6.45) is 7.73. The Morgan fingerprint density at radius 3 is 2.42 bits per heavy atom. The topological polar surface area (TPSA) is 87.7 Å². The second kappa shape index (κ2) is 8.52. The minimum Gasteiger partial charge on any atom is -0.508 e. The van der Waals surface area contributed by atoms with Crippen molar-refractivity contribution >= 4 is 16.8 Å². The molecule has 5 nitrogen and oxygen atoms in total. The molecular weight excluding hydrogens is 308 g/mol. The lowest BCUT2D eigenvalue weighted by Crippen LogP contribution is -2.14. The molecule has 1 aromatic carbocycles. The maximum Gasteiger partial charge on any atom is 0.351 e. The fourth-order valence-corrected chi connectivity index (χ4v) is 2.79. The van der Waals surface area contributed by atoms with Crippen molar-refractivity contribution in [1.29, 1.82) is 0 Å². The molecule has 2 N–H and O–H groups in total. The average molecular weight is 332 g/mol. The Kier molecular flexibility index (Phi) is 6.41. The van der Waals surface area contributed by atoms with Crippen LogP contribution in [-0.4, -0.2) is 16.0 Å². The number of ketones is 1. The summed E-state index contributed by atoms with van der Waals surface area (Å²) < 4.78 is 5.05. The standard InChI is InChI=1S/C19H24O5/c1-2-3-4-5-6-7-8-9-15(21)17-18(22)14-11-10-13(20)12-16(14)24-19(17)23/h10-12,20,22H,2-9H2,1H3. The molecule has 0 spiro atoms. The first kappa shape index (κ1) is 18.0. The second-order valence-corrected chi connectivity index (χ2v) is 6.09. The highest BCUT2D eigenvalue weighted by Crippen LogP contribution is 2.29. The Bertz CT molecular complexity index is 760. The molecule has 0 aliphatic carbocycles. The Morgan fingerprint density at radius 2 is 1.71 bits per heavy atom. The monoisotopic (exact) mass is 332 g/mol. The van der Waals surface area contributed by atoms with Crippen LogP contribution in [0.15, 0.2) is 27.4 Å².